The van der Waals surface area contributed by atoms with Gasteiger partial charge < -0.3 is 14.4 Å². The summed E-state index contributed by atoms with van der Waals surface area (Å²) in [6.45, 7) is 6.75. The fraction of sp³-hybridized carbons (Fsp3) is 0.577. The number of likely N-dealkylation sites (tertiary alicyclic amines) is 2. The Morgan fingerprint density at radius 1 is 1.30 bits per heavy atom. The molecule has 3 fully saturated rings. The lowest BCUT2D eigenvalue weighted by Crippen LogP contribution is -2.53. The maximum atomic E-state index is 13.9. The molecule has 1 saturated carbocycles. The van der Waals surface area contributed by atoms with Gasteiger partial charge in [-0.15, -0.1) is 0 Å². The number of carbonyl (C=O) groups is 2. The average Bonchev–Trinajstić information content (AvgIpc) is 3.31. The Kier molecular flexibility index (Phi) is 5.75. The van der Waals surface area contributed by atoms with E-state index in [0.717, 1.165) is 31.6 Å². The summed E-state index contributed by atoms with van der Waals surface area (Å²) in [6.07, 6.45) is 8.15. The topological polar surface area (TPSA) is 58.4 Å². The van der Waals surface area contributed by atoms with E-state index in [-0.39, 0.29) is 36.0 Å². The lowest BCUT2D eigenvalue weighted by Gasteiger charge is -2.42. The van der Waals surface area contributed by atoms with Crippen molar-refractivity contribution in [3.05, 3.63) is 53.9 Å². The molecule has 1 aromatic carbocycles. The number of piperidine rings is 1. The number of halogens is 1. The quantitative estimate of drug-likeness (QED) is 0.670. The van der Waals surface area contributed by atoms with E-state index in [1.54, 1.807) is 12.1 Å². The smallest absolute Gasteiger partial charge is 0.231 e. The Bertz CT molecular complexity index is 1050. The molecule has 3 heterocycles. The second kappa shape index (κ2) is 8.58. The number of aromatic nitrogens is 2. The van der Waals surface area contributed by atoms with Crippen molar-refractivity contribution in [1.29, 1.82) is 0 Å². The van der Waals surface area contributed by atoms with Crippen molar-refractivity contribution < 1.29 is 14.0 Å². The first-order chi connectivity index (χ1) is 15.9. The van der Waals surface area contributed by atoms with Gasteiger partial charge in [0.25, 0.3) is 0 Å². The van der Waals surface area contributed by atoms with Gasteiger partial charge in [0.05, 0.1) is 23.9 Å². The number of amides is 2. The van der Waals surface area contributed by atoms with Crippen molar-refractivity contribution in [3.63, 3.8) is 0 Å². The molecule has 2 aromatic rings. The lowest BCUT2D eigenvalue weighted by atomic mass is 9.70. The van der Waals surface area contributed by atoms with Crippen LogP contribution in [-0.4, -0.2) is 57.3 Å². The third-order valence-corrected chi connectivity index (χ3v) is 7.65. The van der Waals surface area contributed by atoms with Crippen LogP contribution in [0.2, 0.25) is 0 Å². The highest BCUT2D eigenvalue weighted by atomic mass is 19.1. The van der Waals surface area contributed by atoms with Gasteiger partial charge in [0, 0.05) is 44.3 Å². The van der Waals surface area contributed by atoms with Crippen LogP contribution in [0, 0.1) is 17.2 Å². The third-order valence-electron chi connectivity index (χ3n) is 7.65. The van der Waals surface area contributed by atoms with Crippen molar-refractivity contribution in [2.45, 2.75) is 57.9 Å². The molecule has 1 aliphatic carbocycles. The largest absolute Gasteiger partial charge is 0.342 e. The van der Waals surface area contributed by atoms with Gasteiger partial charge >= 0.3 is 0 Å². The van der Waals surface area contributed by atoms with Crippen molar-refractivity contribution in [1.82, 2.24) is 19.4 Å². The van der Waals surface area contributed by atoms with Crippen LogP contribution < -0.4 is 0 Å². The van der Waals surface area contributed by atoms with Crippen LogP contribution >= 0.6 is 0 Å². The molecule has 2 amide bonds. The molecule has 2 atom stereocenters. The third kappa shape index (κ3) is 4.30. The first kappa shape index (κ1) is 22.1. The summed E-state index contributed by atoms with van der Waals surface area (Å²) < 4.78 is 15.7. The highest BCUT2D eigenvalue weighted by Crippen LogP contribution is 2.49. The summed E-state index contributed by atoms with van der Waals surface area (Å²) >= 11 is 0. The molecule has 0 unspecified atom stereocenters. The minimum absolute atomic E-state index is 0.0575. The molecule has 7 heteroatoms. The van der Waals surface area contributed by atoms with Crippen molar-refractivity contribution >= 4 is 11.8 Å². The molecule has 2 aliphatic heterocycles. The van der Waals surface area contributed by atoms with E-state index >= 15 is 0 Å². The van der Waals surface area contributed by atoms with Gasteiger partial charge in [-0.3, -0.25) is 9.59 Å². The van der Waals surface area contributed by atoms with Gasteiger partial charge in [0.2, 0.25) is 11.8 Å². The molecule has 33 heavy (non-hydrogen) atoms. The number of rotatable bonds is 6. The Balaban J connectivity index is 1.43. The Morgan fingerprint density at radius 2 is 2.12 bits per heavy atom. The minimum Gasteiger partial charge on any atom is -0.342 e. The Hall–Kier alpha value is -2.70. The van der Waals surface area contributed by atoms with E-state index < -0.39 is 5.41 Å². The molecule has 1 aromatic heterocycles. The van der Waals surface area contributed by atoms with Crippen LogP contribution in [0.3, 0.4) is 0 Å². The van der Waals surface area contributed by atoms with Gasteiger partial charge in [-0.05, 0) is 63.1 Å². The number of imidazole rings is 1. The number of hydrogen-bond acceptors (Lipinski definition) is 3. The van der Waals surface area contributed by atoms with Gasteiger partial charge in [-0.1, -0.05) is 12.1 Å². The van der Waals surface area contributed by atoms with E-state index in [1.165, 1.54) is 25.0 Å². The molecule has 2 saturated heterocycles. The Labute approximate surface area is 194 Å². The average molecular weight is 453 g/mol. The Morgan fingerprint density at radius 3 is 2.82 bits per heavy atom. The molecule has 3 aliphatic rings. The summed E-state index contributed by atoms with van der Waals surface area (Å²) in [6, 6.07) is 6.48. The molecule has 176 valence electrons. The number of carbonyl (C=O) groups excluding carboxylic acids is 2. The lowest BCUT2D eigenvalue weighted by molar-refractivity contribution is -0.147. The van der Waals surface area contributed by atoms with Crippen LogP contribution in [0.25, 0.3) is 0 Å². The maximum absolute atomic E-state index is 13.9. The predicted octanol–water partition coefficient (Wildman–Crippen LogP) is 3.79. The molecule has 0 bridgehead atoms. The highest BCUT2D eigenvalue weighted by Gasteiger charge is 2.57. The highest BCUT2D eigenvalue weighted by molar-refractivity contribution is 5.88. The summed E-state index contributed by atoms with van der Waals surface area (Å²) in [7, 11) is 0. The second-order valence-electron chi connectivity index (χ2n) is 10.4. The first-order valence-corrected chi connectivity index (χ1v) is 12.2. The number of hydrogen-bond donors (Lipinski definition) is 0. The van der Waals surface area contributed by atoms with E-state index in [2.05, 4.69) is 18.4 Å². The zero-order valence-electron chi connectivity index (χ0n) is 19.5. The summed E-state index contributed by atoms with van der Waals surface area (Å²) in [4.78, 5) is 35.8. The van der Waals surface area contributed by atoms with Crippen LogP contribution in [0.4, 0.5) is 4.39 Å². The standard InChI is InChI=1S/C26H33FN4O2/c1-18(2)31-15-23(28-17-31)22-14-30(24(32)12-20-5-3-6-21(27)11-20)16-26(22)9-4-10-29(25(26)33)13-19-7-8-19/h3,5-6,11,15,17-19,22H,4,7-10,12-14,16H2,1-2H3/t22-,26-/m1/s1. The second-order valence-corrected chi connectivity index (χ2v) is 10.4. The monoisotopic (exact) mass is 452 g/mol. The molecule has 6 nitrogen and oxygen atoms in total. The molecule has 5 rings (SSSR count). The van der Waals surface area contributed by atoms with Crippen LogP contribution in [0.15, 0.2) is 36.8 Å². The molecular weight excluding hydrogens is 419 g/mol. The SMILES string of the molecule is CC(C)n1cnc([C@H]2CN(C(=O)Cc3cccc(F)c3)C[C@]23CCCN(CC2CC2)C3=O)c1. The van der Waals surface area contributed by atoms with Crippen LogP contribution in [-0.2, 0) is 16.0 Å². The number of nitrogens with zero attached hydrogens (tertiary/aromatic N) is 4. The van der Waals surface area contributed by atoms with Gasteiger partial charge in [0.1, 0.15) is 5.82 Å². The van der Waals surface area contributed by atoms with Crippen molar-refractivity contribution in [2.75, 3.05) is 26.2 Å². The first-order valence-electron chi connectivity index (χ1n) is 12.2. The van der Waals surface area contributed by atoms with Gasteiger partial charge in [0.15, 0.2) is 0 Å². The van der Waals surface area contributed by atoms with Gasteiger partial charge in [-0.2, -0.15) is 0 Å². The normalized spacial score (nSPS) is 25.5. The zero-order valence-corrected chi connectivity index (χ0v) is 19.5. The fourth-order valence-corrected chi connectivity index (χ4v) is 5.59. The molecular formula is C26H33FN4O2. The van der Waals surface area contributed by atoms with Gasteiger partial charge in [-0.25, -0.2) is 9.37 Å². The van der Waals surface area contributed by atoms with E-state index in [9.17, 15) is 14.0 Å². The van der Waals surface area contributed by atoms with Crippen LogP contribution in [0.1, 0.15) is 62.7 Å². The summed E-state index contributed by atoms with van der Waals surface area (Å²) in [5.74, 6) is 0.301. The van der Waals surface area contributed by atoms with Crippen molar-refractivity contribution in [2.24, 2.45) is 11.3 Å². The minimum atomic E-state index is -0.624. The zero-order chi connectivity index (χ0) is 23.2. The fourth-order valence-electron chi connectivity index (χ4n) is 5.59. The summed E-state index contributed by atoms with van der Waals surface area (Å²) in [5.41, 5.74) is 0.930. The van der Waals surface area contributed by atoms with E-state index in [4.69, 9.17) is 4.98 Å². The maximum Gasteiger partial charge on any atom is 0.231 e. The van der Waals surface area contributed by atoms with E-state index in [0.29, 0.717) is 24.6 Å². The predicted molar refractivity (Wildman–Crippen MR) is 123 cm³/mol. The summed E-state index contributed by atoms with van der Waals surface area (Å²) in [5, 5.41) is 0. The van der Waals surface area contributed by atoms with Crippen LogP contribution in [0.5, 0.6) is 0 Å². The molecule has 1 spiro atoms. The molecule has 0 radical (unpaired) electrons. The van der Waals surface area contributed by atoms with E-state index in [1.807, 2.05) is 22.3 Å². The molecule has 0 N–H and O–H groups in total. The number of benzene rings is 1. The van der Waals surface area contributed by atoms with Crippen molar-refractivity contribution in [3.8, 4) is 0 Å².